The number of hydrogen-bond acceptors (Lipinski definition) is 5. The predicted molar refractivity (Wildman–Crippen MR) is 139 cm³/mol. The van der Waals surface area contributed by atoms with E-state index in [2.05, 4.69) is 50.6 Å². The number of fused-ring (bicyclic) bond motifs is 1. The van der Waals surface area contributed by atoms with Crippen molar-refractivity contribution in [1.29, 1.82) is 0 Å². The Morgan fingerprint density at radius 3 is 2.56 bits per heavy atom. The van der Waals surface area contributed by atoms with E-state index in [9.17, 15) is 4.39 Å². The van der Waals surface area contributed by atoms with E-state index < -0.39 is 0 Å². The number of halogens is 1. The number of anilines is 1. The maximum Gasteiger partial charge on any atom is 0.147 e. The van der Waals surface area contributed by atoms with E-state index in [0.29, 0.717) is 17.2 Å². The molecule has 3 aliphatic rings. The van der Waals surface area contributed by atoms with E-state index in [1.165, 1.54) is 17.3 Å². The van der Waals surface area contributed by atoms with Crippen LogP contribution in [0.5, 0.6) is 0 Å². The molecule has 1 spiro atoms. The second-order valence-electron chi connectivity index (χ2n) is 10.9. The molecule has 6 heteroatoms. The fraction of sp³-hybridized carbons (Fsp3) is 0.367. The molecule has 0 N–H and O–H groups in total. The van der Waals surface area contributed by atoms with Gasteiger partial charge in [-0.1, -0.05) is 29.4 Å². The van der Waals surface area contributed by atoms with E-state index in [-0.39, 0.29) is 11.2 Å². The number of piperidine rings is 1. The topological polar surface area (TPSA) is 55.1 Å². The Bertz CT molecular complexity index is 1510. The highest BCUT2D eigenvalue weighted by Gasteiger charge is 2.44. The highest BCUT2D eigenvalue weighted by Crippen LogP contribution is 2.56. The second kappa shape index (κ2) is 7.99. The summed E-state index contributed by atoms with van der Waals surface area (Å²) in [6, 6.07) is 13.8. The average Bonchev–Trinajstić information content (AvgIpc) is 3.62. The quantitative estimate of drug-likeness (QED) is 0.315. The van der Waals surface area contributed by atoms with Crippen molar-refractivity contribution >= 4 is 22.2 Å². The summed E-state index contributed by atoms with van der Waals surface area (Å²) in [5.74, 6) is 1.15. The van der Waals surface area contributed by atoms with Crippen LogP contribution in [0.25, 0.3) is 27.7 Å². The number of allylic oxidation sites excluding steroid dienone is 2. The van der Waals surface area contributed by atoms with Crippen molar-refractivity contribution in [2.75, 3.05) is 18.0 Å². The third-order valence-corrected chi connectivity index (χ3v) is 8.29. The molecule has 4 aromatic rings. The van der Waals surface area contributed by atoms with Crippen LogP contribution in [0, 0.1) is 25.1 Å². The van der Waals surface area contributed by atoms with Crippen LogP contribution in [0.2, 0.25) is 0 Å². The first-order valence-electron chi connectivity index (χ1n) is 13.0. The number of nitrogens with zero attached hydrogens (tertiary/aromatic N) is 4. The largest absolute Gasteiger partial charge is 0.371 e. The van der Waals surface area contributed by atoms with E-state index >= 15 is 0 Å². The van der Waals surface area contributed by atoms with Crippen LogP contribution in [0.15, 0.2) is 53.1 Å². The molecule has 3 heterocycles. The molecule has 2 fully saturated rings. The number of benzene rings is 2. The molecule has 1 saturated heterocycles. The number of aryl methyl sites for hydroxylation is 2. The third-order valence-electron chi connectivity index (χ3n) is 8.29. The van der Waals surface area contributed by atoms with E-state index in [1.54, 1.807) is 6.07 Å². The Hall–Kier alpha value is -3.54. The van der Waals surface area contributed by atoms with Gasteiger partial charge in [0.05, 0.1) is 11.2 Å². The van der Waals surface area contributed by atoms with Gasteiger partial charge in [0, 0.05) is 41.2 Å². The summed E-state index contributed by atoms with van der Waals surface area (Å²) < 4.78 is 20.7. The molecule has 0 atom stereocenters. The van der Waals surface area contributed by atoms with Crippen LogP contribution in [0.3, 0.4) is 0 Å². The normalized spacial score (nSPS) is 19.0. The Morgan fingerprint density at radius 1 is 1.00 bits per heavy atom. The molecular formula is C30H29FN4O. The van der Waals surface area contributed by atoms with Gasteiger partial charge in [0.1, 0.15) is 17.3 Å². The maximum atomic E-state index is 14.9. The fourth-order valence-corrected chi connectivity index (χ4v) is 6.08. The lowest BCUT2D eigenvalue weighted by atomic mass is 9.63. The molecule has 0 radical (unpaired) electrons. The van der Waals surface area contributed by atoms with E-state index in [1.807, 2.05) is 19.9 Å². The molecule has 182 valence electrons. The van der Waals surface area contributed by atoms with Gasteiger partial charge >= 0.3 is 0 Å². The predicted octanol–water partition coefficient (Wildman–Crippen LogP) is 6.99. The first-order valence-corrected chi connectivity index (χ1v) is 13.0. The van der Waals surface area contributed by atoms with Gasteiger partial charge in [-0.05, 0) is 86.8 Å². The first-order chi connectivity index (χ1) is 17.5. The van der Waals surface area contributed by atoms with Gasteiger partial charge in [0.25, 0.3) is 0 Å². The van der Waals surface area contributed by atoms with Gasteiger partial charge in [-0.15, -0.1) is 0 Å². The van der Waals surface area contributed by atoms with Gasteiger partial charge in [0.2, 0.25) is 0 Å². The van der Waals surface area contributed by atoms with Crippen molar-refractivity contribution in [2.45, 2.75) is 51.9 Å². The average molecular weight is 481 g/mol. The molecule has 7 rings (SSSR count). The van der Waals surface area contributed by atoms with Crippen LogP contribution >= 0.6 is 0 Å². The summed E-state index contributed by atoms with van der Waals surface area (Å²) >= 11 is 0. The number of rotatable bonds is 4. The minimum Gasteiger partial charge on any atom is -0.371 e. The van der Waals surface area contributed by atoms with Crippen LogP contribution in [-0.2, 0) is 0 Å². The molecule has 5 nitrogen and oxygen atoms in total. The summed E-state index contributed by atoms with van der Waals surface area (Å²) in [4.78, 5) is 2.46. The van der Waals surface area contributed by atoms with Crippen molar-refractivity contribution in [3.8, 4) is 11.3 Å². The highest BCUT2D eigenvalue weighted by atomic mass is 19.1. The van der Waals surface area contributed by atoms with Gasteiger partial charge < -0.3 is 9.42 Å². The van der Waals surface area contributed by atoms with Crippen molar-refractivity contribution < 1.29 is 8.91 Å². The minimum atomic E-state index is -0.231. The van der Waals surface area contributed by atoms with Crippen LogP contribution in [-0.4, -0.2) is 28.4 Å². The summed E-state index contributed by atoms with van der Waals surface area (Å²) in [5, 5.41) is 14.1. The van der Waals surface area contributed by atoms with Gasteiger partial charge in [-0.25, -0.2) is 4.39 Å². The number of hydrogen-bond donors (Lipinski definition) is 0. The zero-order valence-electron chi connectivity index (χ0n) is 20.7. The molecular weight excluding hydrogens is 451 g/mol. The van der Waals surface area contributed by atoms with Crippen molar-refractivity contribution in [2.24, 2.45) is 5.41 Å². The van der Waals surface area contributed by atoms with Crippen LogP contribution in [0.1, 0.15) is 60.6 Å². The van der Waals surface area contributed by atoms with Gasteiger partial charge in [-0.3, -0.25) is 0 Å². The molecule has 2 aromatic heterocycles. The molecule has 1 aliphatic heterocycles. The number of aromatic nitrogens is 3. The maximum absolute atomic E-state index is 14.9. The monoisotopic (exact) mass is 480 g/mol. The minimum absolute atomic E-state index is 0.208. The summed E-state index contributed by atoms with van der Waals surface area (Å²) in [7, 11) is 0. The highest BCUT2D eigenvalue weighted by molar-refractivity contribution is 5.85. The summed E-state index contributed by atoms with van der Waals surface area (Å²) in [6.07, 6.45) is 7.90. The Balaban J connectivity index is 1.15. The van der Waals surface area contributed by atoms with Gasteiger partial charge in [0.15, 0.2) is 0 Å². The Labute approximate surface area is 210 Å². The van der Waals surface area contributed by atoms with E-state index in [4.69, 9.17) is 4.52 Å². The Morgan fingerprint density at radius 2 is 1.81 bits per heavy atom. The molecule has 0 unspecified atom stereocenters. The lowest BCUT2D eigenvalue weighted by Crippen LogP contribution is -2.42. The molecule has 0 amide bonds. The van der Waals surface area contributed by atoms with Crippen LogP contribution < -0.4 is 4.90 Å². The van der Waals surface area contributed by atoms with Crippen molar-refractivity contribution in [3.63, 3.8) is 0 Å². The Kier molecular flexibility index (Phi) is 4.82. The lowest BCUT2D eigenvalue weighted by molar-refractivity contribution is 0.277. The van der Waals surface area contributed by atoms with Gasteiger partial charge in [-0.2, -0.15) is 10.2 Å². The summed E-state index contributed by atoms with van der Waals surface area (Å²) in [5.41, 5.74) is 7.79. The zero-order chi connectivity index (χ0) is 24.4. The molecule has 2 aliphatic carbocycles. The molecule has 1 saturated carbocycles. The SMILES string of the molecule is Cc1cc2ccc(N3CCC4(C=C(c5c(-c6c(C)cccc6F)noc5C5CC5)C4)CC3)cc2nn1. The zero-order valence-corrected chi connectivity index (χ0v) is 20.7. The smallest absolute Gasteiger partial charge is 0.147 e. The fourth-order valence-electron chi connectivity index (χ4n) is 6.08. The second-order valence-corrected chi connectivity index (χ2v) is 10.9. The summed E-state index contributed by atoms with van der Waals surface area (Å²) in [6.45, 7) is 5.93. The standard InChI is InChI=1S/C30H29FN4O/c1-18-4-3-5-24(31)26(18)28-27(29(36-34-28)20-6-7-20)22-16-30(17-22)10-12-35(13-11-30)23-9-8-21-14-19(2)32-33-25(21)15-23/h3-5,8-9,14-16,20H,6-7,10-13,17H2,1-2H3. The van der Waals surface area contributed by atoms with Crippen LogP contribution in [0.4, 0.5) is 10.1 Å². The first kappa shape index (κ1) is 21.7. The van der Waals surface area contributed by atoms with Crippen molar-refractivity contribution in [1.82, 2.24) is 15.4 Å². The third kappa shape index (κ3) is 3.54. The van der Waals surface area contributed by atoms with Crippen molar-refractivity contribution in [3.05, 3.63) is 76.9 Å². The lowest BCUT2D eigenvalue weighted by Gasteiger charge is -2.47. The molecule has 2 aromatic carbocycles. The van der Waals surface area contributed by atoms with E-state index in [0.717, 1.165) is 78.7 Å². The molecule has 0 bridgehead atoms. The molecule has 36 heavy (non-hydrogen) atoms.